The van der Waals surface area contributed by atoms with Crippen molar-refractivity contribution in [2.45, 2.75) is 12.8 Å². The number of aromatic hydroxyl groups is 1. The van der Waals surface area contributed by atoms with Crippen LogP contribution in [0.4, 0.5) is 0 Å². The number of ether oxygens (including phenoxy) is 2. The van der Waals surface area contributed by atoms with Crippen molar-refractivity contribution in [2.75, 3.05) is 13.2 Å². The summed E-state index contributed by atoms with van der Waals surface area (Å²) in [6.07, 6.45) is 1.45. The average molecular weight is 213 g/mol. The molecular weight excluding hydrogens is 204 g/mol. The van der Waals surface area contributed by atoms with Crippen LogP contribution in [0.25, 0.3) is 0 Å². The Morgan fingerprint density at radius 2 is 1.64 bits per heavy atom. The zero-order chi connectivity index (χ0) is 9.71. The van der Waals surface area contributed by atoms with E-state index in [4.69, 9.17) is 21.1 Å². The molecule has 0 fully saturated rings. The van der Waals surface area contributed by atoms with E-state index >= 15 is 0 Å². The van der Waals surface area contributed by atoms with Crippen LogP contribution in [0.1, 0.15) is 11.1 Å². The lowest BCUT2D eigenvalue weighted by atomic mass is 10.1. The smallest absolute Gasteiger partial charge is 0.166 e. The fourth-order valence-electron chi connectivity index (χ4n) is 2.03. The maximum atomic E-state index is 9.89. The van der Waals surface area contributed by atoms with Gasteiger partial charge in [0.25, 0.3) is 0 Å². The van der Waals surface area contributed by atoms with Crippen LogP contribution < -0.4 is 9.47 Å². The Morgan fingerprint density at radius 1 is 1.00 bits per heavy atom. The summed E-state index contributed by atoms with van der Waals surface area (Å²) in [7, 11) is 0. The van der Waals surface area contributed by atoms with Crippen molar-refractivity contribution in [3.8, 4) is 17.2 Å². The monoisotopic (exact) mass is 212 g/mol. The normalized spacial score (nSPS) is 17.2. The van der Waals surface area contributed by atoms with Crippen molar-refractivity contribution in [2.24, 2.45) is 0 Å². The zero-order valence-corrected chi connectivity index (χ0v) is 8.23. The van der Waals surface area contributed by atoms with Crippen LogP contribution in [0.15, 0.2) is 0 Å². The van der Waals surface area contributed by atoms with Gasteiger partial charge >= 0.3 is 0 Å². The SMILES string of the molecule is Oc1c2c(c(Cl)c3c1OCC3)OCC2. The molecule has 3 rings (SSSR count). The van der Waals surface area contributed by atoms with E-state index in [0.717, 1.165) is 17.5 Å². The number of benzene rings is 1. The van der Waals surface area contributed by atoms with Gasteiger partial charge in [0.2, 0.25) is 0 Å². The fourth-order valence-corrected chi connectivity index (χ4v) is 2.38. The Hall–Kier alpha value is -1.09. The van der Waals surface area contributed by atoms with Gasteiger partial charge in [-0.2, -0.15) is 0 Å². The Balaban J connectivity index is 2.33. The van der Waals surface area contributed by atoms with E-state index < -0.39 is 0 Å². The molecule has 0 aromatic heterocycles. The van der Waals surface area contributed by atoms with Crippen LogP contribution in [-0.4, -0.2) is 18.3 Å². The molecule has 0 amide bonds. The number of halogens is 1. The molecule has 0 atom stereocenters. The molecule has 0 aliphatic carbocycles. The van der Waals surface area contributed by atoms with Gasteiger partial charge in [-0.1, -0.05) is 11.6 Å². The highest BCUT2D eigenvalue weighted by Crippen LogP contribution is 2.50. The first-order chi connectivity index (χ1) is 6.79. The average Bonchev–Trinajstić information content (AvgIpc) is 2.82. The van der Waals surface area contributed by atoms with E-state index in [9.17, 15) is 5.11 Å². The molecule has 0 bridgehead atoms. The maximum Gasteiger partial charge on any atom is 0.166 e. The number of hydrogen-bond donors (Lipinski definition) is 1. The topological polar surface area (TPSA) is 38.7 Å². The van der Waals surface area contributed by atoms with E-state index in [1.54, 1.807) is 0 Å². The van der Waals surface area contributed by atoms with Crippen molar-refractivity contribution in [1.82, 2.24) is 0 Å². The van der Waals surface area contributed by atoms with Crippen molar-refractivity contribution >= 4 is 11.6 Å². The highest BCUT2D eigenvalue weighted by molar-refractivity contribution is 6.33. The fraction of sp³-hybridized carbons (Fsp3) is 0.400. The molecule has 1 N–H and O–H groups in total. The predicted octanol–water partition coefficient (Wildman–Crippen LogP) is 1.92. The summed E-state index contributed by atoms with van der Waals surface area (Å²) in [6, 6.07) is 0. The molecule has 2 aliphatic rings. The molecular formula is C10H9ClO3. The highest BCUT2D eigenvalue weighted by Gasteiger charge is 2.30. The lowest BCUT2D eigenvalue weighted by Gasteiger charge is -2.09. The number of phenolic OH excluding ortho intramolecular Hbond substituents is 1. The van der Waals surface area contributed by atoms with Crippen molar-refractivity contribution < 1.29 is 14.6 Å². The van der Waals surface area contributed by atoms with Crippen LogP contribution in [0.3, 0.4) is 0 Å². The summed E-state index contributed by atoms with van der Waals surface area (Å²) in [5, 5.41) is 10.5. The van der Waals surface area contributed by atoms with Gasteiger partial charge in [0.05, 0.1) is 18.2 Å². The zero-order valence-electron chi connectivity index (χ0n) is 7.47. The van der Waals surface area contributed by atoms with Crippen LogP contribution in [-0.2, 0) is 12.8 Å². The van der Waals surface area contributed by atoms with E-state index in [-0.39, 0.29) is 5.75 Å². The van der Waals surface area contributed by atoms with Gasteiger partial charge in [0, 0.05) is 24.0 Å². The summed E-state index contributed by atoms with van der Waals surface area (Å²) in [5.74, 6) is 1.42. The number of hydrogen-bond acceptors (Lipinski definition) is 3. The van der Waals surface area contributed by atoms with Crippen LogP contribution in [0.5, 0.6) is 17.2 Å². The van der Waals surface area contributed by atoms with E-state index in [2.05, 4.69) is 0 Å². The third-order valence-corrected chi connectivity index (χ3v) is 3.11. The number of phenols is 1. The summed E-state index contributed by atoms with van der Waals surface area (Å²) < 4.78 is 10.7. The molecule has 0 radical (unpaired) electrons. The second-order valence-corrected chi connectivity index (χ2v) is 3.85. The Kier molecular flexibility index (Phi) is 1.59. The molecule has 1 aromatic carbocycles. The third kappa shape index (κ3) is 0.879. The number of rotatable bonds is 0. The van der Waals surface area contributed by atoms with Crippen LogP contribution >= 0.6 is 11.6 Å². The second kappa shape index (κ2) is 2.70. The van der Waals surface area contributed by atoms with Crippen molar-refractivity contribution in [3.63, 3.8) is 0 Å². The van der Waals surface area contributed by atoms with Crippen molar-refractivity contribution in [3.05, 3.63) is 16.1 Å². The summed E-state index contributed by atoms with van der Waals surface area (Å²) in [6.45, 7) is 1.18. The summed E-state index contributed by atoms with van der Waals surface area (Å²) >= 11 is 6.16. The minimum absolute atomic E-state index is 0.217. The largest absolute Gasteiger partial charge is 0.504 e. The van der Waals surface area contributed by atoms with Gasteiger partial charge in [0.15, 0.2) is 11.5 Å². The molecule has 0 spiro atoms. The highest BCUT2D eigenvalue weighted by atomic mass is 35.5. The Labute approximate surface area is 86.2 Å². The van der Waals surface area contributed by atoms with Gasteiger partial charge in [-0.15, -0.1) is 0 Å². The van der Waals surface area contributed by atoms with Gasteiger partial charge < -0.3 is 14.6 Å². The molecule has 0 saturated heterocycles. The molecule has 3 nitrogen and oxygen atoms in total. The molecule has 2 aliphatic heterocycles. The van der Waals surface area contributed by atoms with E-state index in [1.807, 2.05) is 0 Å². The second-order valence-electron chi connectivity index (χ2n) is 3.47. The van der Waals surface area contributed by atoms with E-state index in [0.29, 0.717) is 36.2 Å². The molecule has 14 heavy (non-hydrogen) atoms. The molecule has 74 valence electrons. The standard InChI is InChI=1S/C10H9ClO3/c11-7-5-1-3-14-10(5)8(12)6-2-4-13-9(6)7/h12H,1-4H2. The molecule has 0 saturated carbocycles. The third-order valence-electron chi connectivity index (χ3n) is 2.71. The van der Waals surface area contributed by atoms with Gasteiger partial charge in [-0.05, 0) is 0 Å². The lowest BCUT2D eigenvalue weighted by molar-refractivity contribution is 0.333. The Morgan fingerprint density at radius 3 is 2.43 bits per heavy atom. The predicted molar refractivity (Wildman–Crippen MR) is 51.5 cm³/mol. The quantitative estimate of drug-likeness (QED) is 0.714. The van der Waals surface area contributed by atoms with Crippen molar-refractivity contribution in [1.29, 1.82) is 0 Å². The van der Waals surface area contributed by atoms with Gasteiger partial charge in [0.1, 0.15) is 5.75 Å². The lowest BCUT2D eigenvalue weighted by Crippen LogP contribution is -1.88. The molecule has 0 unspecified atom stereocenters. The first kappa shape index (κ1) is 8.24. The summed E-state index contributed by atoms with van der Waals surface area (Å²) in [4.78, 5) is 0. The summed E-state index contributed by atoms with van der Waals surface area (Å²) in [5.41, 5.74) is 1.67. The molecule has 2 heterocycles. The Bertz CT molecular complexity index is 342. The molecule has 1 aromatic rings. The van der Waals surface area contributed by atoms with Gasteiger partial charge in [-0.3, -0.25) is 0 Å². The first-order valence-electron chi connectivity index (χ1n) is 4.61. The van der Waals surface area contributed by atoms with Gasteiger partial charge in [-0.25, -0.2) is 0 Å². The van der Waals surface area contributed by atoms with E-state index in [1.165, 1.54) is 0 Å². The van der Waals surface area contributed by atoms with Crippen LogP contribution in [0.2, 0.25) is 5.02 Å². The minimum atomic E-state index is 0.217. The first-order valence-corrected chi connectivity index (χ1v) is 4.98. The maximum absolute atomic E-state index is 9.89. The molecule has 4 heteroatoms. The van der Waals surface area contributed by atoms with Crippen LogP contribution in [0, 0.1) is 0 Å². The minimum Gasteiger partial charge on any atom is -0.504 e. The number of fused-ring (bicyclic) bond motifs is 2.